The van der Waals surface area contributed by atoms with Crippen molar-refractivity contribution in [2.45, 2.75) is 27.3 Å². The van der Waals surface area contributed by atoms with Crippen LogP contribution >= 0.6 is 0 Å². The van der Waals surface area contributed by atoms with Gasteiger partial charge in [0, 0.05) is 12.1 Å². The van der Waals surface area contributed by atoms with Crippen molar-refractivity contribution in [1.82, 2.24) is 5.32 Å². The number of benzene rings is 2. The number of aryl methyl sites for hydroxylation is 2. The predicted octanol–water partition coefficient (Wildman–Crippen LogP) is 3.33. The molecule has 0 aliphatic heterocycles. The topological polar surface area (TPSA) is 66.0 Å². The molecule has 2 rings (SSSR count). The second-order valence-corrected chi connectivity index (χ2v) is 6.26. The van der Waals surface area contributed by atoms with Gasteiger partial charge >= 0.3 is 0 Å². The number of rotatable bonds is 8. The molecular formula is C21H27NO5. The quantitative estimate of drug-likeness (QED) is 0.769. The van der Waals surface area contributed by atoms with Crippen molar-refractivity contribution in [2.24, 2.45) is 0 Å². The fourth-order valence-electron chi connectivity index (χ4n) is 2.84. The summed E-state index contributed by atoms with van der Waals surface area (Å²) in [5.41, 5.74) is 4.06. The lowest BCUT2D eigenvalue weighted by Gasteiger charge is -2.16. The molecule has 0 radical (unpaired) electrons. The fourth-order valence-corrected chi connectivity index (χ4v) is 2.84. The highest BCUT2D eigenvalue weighted by molar-refractivity contribution is 5.77. The maximum Gasteiger partial charge on any atom is 0.258 e. The van der Waals surface area contributed by atoms with Gasteiger partial charge in [-0.1, -0.05) is 6.07 Å². The van der Waals surface area contributed by atoms with Gasteiger partial charge in [-0.2, -0.15) is 0 Å². The van der Waals surface area contributed by atoms with Crippen LogP contribution in [-0.4, -0.2) is 33.8 Å². The van der Waals surface area contributed by atoms with E-state index in [2.05, 4.69) is 11.4 Å². The minimum atomic E-state index is -0.217. The highest BCUT2D eigenvalue weighted by atomic mass is 16.5. The van der Waals surface area contributed by atoms with Gasteiger partial charge in [0.25, 0.3) is 5.91 Å². The van der Waals surface area contributed by atoms with E-state index in [1.165, 1.54) is 0 Å². The summed E-state index contributed by atoms with van der Waals surface area (Å²) in [4.78, 5) is 12.2. The molecular weight excluding hydrogens is 346 g/mol. The Kier molecular flexibility index (Phi) is 6.93. The number of hydrogen-bond donors (Lipinski definition) is 1. The molecule has 0 spiro atoms. The van der Waals surface area contributed by atoms with E-state index in [0.29, 0.717) is 17.2 Å². The van der Waals surface area contributed by atoms with Gasteiger partial charge in [-0.25, -0.2) is 0 Å². The van der Waals surface area contributed by atoms with E-state index >= 15 is 0 Å². The van der Waals surface area contributed by atoms with Crippen molar-refractivity contribution < 1.29 is 23.7 Å². The third-order valence-electron chi connectivity index (χ3n) is 4.38. The molecule has 27 heavy (non-hydrogen) atoms. The third kappa shape index (κ3) is 4.84. The van der Waals surface area contributed by atoms with Crippen LogP contribution in [0.5, 0.6) is 23.0 Å². The summed E-state index contributed by atoms with van der Waals surface area (Å²) < 4.78 is 21.7. The summed E-state index contributed by atoms with van der Waals surface area (Å²) >= 11 is 0. The van der Waals surface area contributed by atoms with E-state index in [4.69, 9.17) is 18.9 Å². The van der Waals surface area contributed by atoms with Crippen molar-refractivity contribution >= 4 is 5.91 Å². The first kappa shape index (κ1) is 20.4. The molecule has 0 fully saturated rings. The van der Waals surface area contributed by atoms with Gasteiger partial charge < -0.3 is 24.3 Å². The summed E-state index contributed by atoms with van der Waals surface area (Å²) in [5.74, 6) is 2.10. The summed E-state index contributed by atoms with van der Waals surface area (Å²) in [6.45, 7) is 6.24. The van der Waals surface area contributed by atoms with E-state index in [1.54, 1.807) is 27.4 Å². The minimum absolute atomic E-state index is 0.0562. The molecule has 0 saturated carbocycles. The zero-order valence-electron chi connectivity index (χ0n) is 16.8. The maximum atomic E-state index is 12.2. The van der Waals surface area contributed by atoms with Crippen LogP contribution in [0.2, 0.25) is 0 Å². The van der Waals surface area contributed by atoms with Gasteiger partial charge in [0.05, 0.1) is 21.3 Å². The summed E-state index contributed by atoms with van der Waals surface area (Å²) in [6, 6.07) is 7.63. The molecule has 6 heteroatoms. The van der Waals surface area contributed by atoms with Gasteiger partial charge in [-0.05, 0) is 55.7 Å². The first-order valence-electron chi connectivity index (χ1n) is 8.66. The molecule has 0 aliphatic rings. The highest BCUT2D eigenvalue weighted by Gasteiger charge is 2.16. The molecule has 0 heterocycles. The second-order valence-electron chi connectivity index (χ2n) is 6.26. The third-order valence-corrected chi connectivity index (χ3v) is 4.38. The molecule has 0 unspecified atom stereocenters. The molecule has 0 atom stereocenters. The number of carbonyl (C=O) groups is 1. The van der Waals surface area contributed by atoms with E-state index in [9.17, 15) is 4.79 Å². The Bertz CT molecular complexity index is 817. The molecule has 0 aromatic heterocycles. The van der Waals surface area contributed by atoms with Crippen LogP contribution in [0.4, 0.5) is 0 Å². The lowest BCUT2D eigenvalue weighted by atomic mass is 10.1. The number of methoxy groups -OCH3 is 3. The first-order valence-corrected chi connectivity index (χ1v) is 8.66. The minimum Gasteiger partial charge on any atom is -0.493 e. The monoisotopic (exact) mass is 373 g/mol. The average molecular weight is 373 g/mol. The summed E-state index contributed by atoms with van der Waals surface area (Å²) in [7, 11) is 4.66. The van der Waals surface area contributed by atoms with Crippen LogP contribution in [-0.2, 0) is 11.3 Å². The van der Waals surface area contributed by atoms with Gasteiger partial charge in [0.2, 0.25) is 5.75 Å². The van der Waals surface area contributed by atoms with Crippen LogP contribution < -0.4 is 24.3 Å². The van der Waals surface area contributed by atoms with Crippen LogP contribution in [0, 0.1) is 20.8 Å². The maximum absolute atomic E-state index is 12.2. The normalized spacial score (nSPS) is 10.3. The highest BCUT2D eigenvalue weighted by Crippen LogP contribution is 2.39. The zero-order valence-corrected chi connectivity index (χ0v) is 16.8. The predicted molar refractivity (Wildman–Crippen MR) is 104 cm³/mol. The fraction of sp³-hybridized carbons (Fsp3) is 0.381. The molecule has 0 bridgehead atoms. The van der Waals surface area contributed by atoms with E-state index in [0.717, 1.165) is 28.0 Å². The standard InChI is InChI=1S/C21H27NO5/c1-13-9-14(2)15(3)18(10-13)27-12-19(23)22-11-16-7-8-17(24-4)21(26-6)20(16)25-5/h7-10H,11-12H2,1-6H3,(H,22,23). The van der Waals surface area contributed by atoms with Crippen LogP contribution in [0.1, 0.15) is 22.3 Å². The Morgan fingerprint density at radius 1 is 0.926 bits per heavy atom. The molecule has 1 N–H and O–H groups in total. The first-order chi connectivity index (χ1) is 12.9. The average Bonchev–Trinajstić information content (AvgIpc) is 2.66. The number of carbonyl (C=O) groups excluding carboxylic acids is 1. The summed E-state index contributed by atoms with van der Waals surface area (Å²) in [5, 5.41) is 2.84. The lowest BCUT2D eigenvalue weighted by molar-refractivity contribution is -0.123. The lowest BCUT2D eigenvalue weighted by Crippen LogP contribution is -2.28. The van der Waals surface area contributed by atoms with E-state index < -0.39 is 0 Å². The van der Waals surface area contributed by atoms with Crippen molar-refractivity contribution in [3.05, 3.63) is 46.5 Å². The van der Waals surface area contributed by atoms with Gasteiger partial charge in [-0.15, -0.1) is 0 Å². The van der Waals surface area contributed by atoms with Crippen LogP contribution in [0.25, 0.3) is 0 Å². The van der Waals surface area contributed by atoms with Crippen LogP contribution in [0.15, 0.2) is 24.3 Å². The largest absolute Gasteiger partial charge is 0.493 e. The molecule has 2 aromatic carbocycles. The Morgan fingerprint density at radius 3 is 2.26 bits per heavy atom. The Morgan fingerprint density at radius 2 is 1.63 bits per heavy atom. The number of nitrogens with one attached hydrogen (secondary N) is 1. The van der Waals surface area contributed by atoms with Crippen molar-refractivity contribution in [2.75, 3.05) is 27.9 Å². The summed E-state index contributed by atoms with van der Waals surface area (Å²) in [6.07, 6.45) is 0. The SMILES string of the molecule is COc1ccc(CNC(=O)COc2cc(C)cc(C)c2C)c(OC)c1OC. The molecule has 0 aliphatic carbocycles. The van der Waals surface area contributed by atoms with Gasteiger partial charge in [-0.3, -0.25) is 4.79 Å². The van der Waals surface area contributed by atoms with Crippen molar-refractivity contribution in [3.8, 4) is 23.0 Å². The molecule has 2 aromatic rings. The number of hydrogen-bond acceptors (Lipinski definition) is 5. The van der Waals surface area contributed by atoms with Crippen molar-refractivity contribution in [1.29, 1.82) is 0 Å². The molecule has 146 valence electrons. The van der Waals surface area contributed by atoms with Crippen molar-refractivity contribution in [3.63, 3.8) is 0 Å². The molecule has 1 amide bonds. The zero-order chi connectivity index (χ0) is 20.0. The number of amides is 1. The second kappa shape index (κ2) is 9.16. The number of ether oxygens (including phenoxy) is 4. The van der Waals surface area contributed by atoms with E-state index in [-0.39, 0.29) is 19.1 Å². The Labute approximate surface area is 160 Å². The van der Waals surface area contributed by atoms with Gasteiger partial charge in [0.1, 0.15) is 5.75 Å². The smallest absolute Gasteiger partial charge is 0.258 e. The Hall–Kier alpha value is -2.89. The molecule has 6 nitrogen and oxygen atoms in total. The van der Waals surface area contributed by atoms with E-state index in [1.807, 2.05) is 32.9 Å². The molecule has 0 saturated heterocycles. The van der Waals surface area contributed by atoms with Gasteiger partial charge in [0.15, 0.2) is 18.1 Å². The Balaban J connectivity index is 2.02. The van der Waals surface area contributed by atoms with Crippen LogP contribution in [0.3, 0.4) is 0 Å².